The molecule has 0 spiro atoms. The quantitative estimate of drug-likeness (QED) is 0.336. The molecule has 0 aromatic carbocycles. The molecule has 1 unspecified atom stereocenters. The van der Waals surface area contributed by atoms with Crippen molar-refractivity contribution in [3.63, 3.8) is 0 Å². The molecule has 0 amide bonds. The average molecular weight is 321 g/mol. The lowest BCUT2D eigenvalue weighted by Gasteiger charge is -2.39. The third-order valence-corrected chi connectivity index (χ3v) is 6.73. The predicted octanol–water partition coefficient (Wildman–Crippen LogP) is 6.77. The molecule has 1 atom stereocenters. The second kappa shape index (κ2) is 10.5. The van der Waals surface area contributed by atoms with Crippen LogP contribution in [0.1, 0.15) is 90.9 Å². The number of rotatable bonds is 9. The van der Waals surface area contributed by atoms with Gasteiger partial charge in [-0.3, -0.25) is 0 Å². The summed E-state index contributed by atoms with van der Waals surface area (Å²) in [6, 6.07) is 0. The third-order valence-electron chi connectivity index (χ3n) is 6.73. The van der Waals surface area contributed by atoms with Crippen LogP contribution < -0.4 is 0 Å². The van der Waals surface area contributed by atoms with E-state index in [1.54, 1.807) is 0 Å². The van der Waals surface area contributed by atoms with Crippen molar-refractivity contribution in [1.29, 1.82) is 0 Å². The third kappa shape index (κ3) is 6.25. The lowest BCUT2D eigenvalue weighted by Crippen LogP contribution is -2.30. The van der Waals surface area contributed by atoms with Crippen molar-refractivity contribution >= 4 is 0 Å². The van der Waals surface area contributed by atoms with Crippen LogP contribution in [0, 0.1) is 23.7 Å². The summed E-state index contributed by atoms with van der Waals surface area (Å²) in [6.45, 7) is 9.04. The molecule has 0 N–H and O–H groups in total. The Hall–Kier alpha value is -0.300. The highest BCUT2D eigenvalue weighted by Gasteiger charge is 2.32. The molecule has 0 saturated heterocycles. The van der Waals surface area contributed by atoms with Gasteiger partial charge in [0.1, 0.15) is 0 Å². The van der Waals surface area contributed by atoms with Crippen LogP contribution in [0.25, 0.3) is 0 Å². The van der Waals surface area contributed by atoms with Gasteiger partial charge in [0.25, 0.3) is 0 Å². The minimum Gasteiger partial charge on any atom is -0.374 e. The van der Waals surface area contributed by atoms with E-state index in [0.717, 1.165) is 23.7 Å². The van der Waals surface area contributed by atoms with Crippen LogP contribution in [-0.4, -0.2) is 12.7 Å². The van der Waals surface area contributed by atoms with Gasteiger partial charge in [-0.25, -0.2) is 0 Å². The molecular formula is C22H40O. The maximum Gasteiger partial charge on any atom is 0.0648 e. The fourth-order valence-corrected chi connectivity index (χ4v) is 5.07. The van der Waals surface area contributed by atoms with E-state index in [9.17, 15) is 0 Å². The highest BCUT2D eigenvalue weighted by atomic mass is 16.5. The van der Waals surface area contributed by atoms with Crippen molar-refractivity contribution in [3.8, 4) is 0 Å². The lowest BCUT2D eigenvalue weighted by molar-refractivity contribution is 0.0153. The molecule has 2 aliphatic carbocycles. The number of hydrogen-bond donors (Lipinski definition) is 0. The molecule has 0 aromatic rings. The molecule has 0 radical (unpaired) electrons. The van der Waals surface area contributed by atoms with E-state index < -0.39 is 0 Å². The molecule has 0 heterocycles. The summed E-state index contributed by atoms with van der Waals surface area (Å²) in [6.07, 6.45) is 19.9. The molecule has 1 heteroatoms. The van der Waals surface area contributed by atoms with Crippen molar-refractivity contribution in [2.24, 2.45) is 23.7 Å². The van der Waals surface area contributed by atoms with Gasteiger partial charge < -0.3 is 4.74 Å². The van der Waals surface area contributed by atoms with Gasteiger partial charge in [0.05, 0.1) is 12.7 Å². The van der Waals surface area contributed by atoms with Gasteiger partial charge in [0.15, 0.2) is 0 Å². The first kappa shape index (κ1) is 19.0. The van der Waals surface area contributed by atoms with Gasteiger partial charge in [-0.05, 0) is 69.1 Å². The first-order valence-electron chi connectivity index (χ1n) is 10.5. The van der Waals surface area contributed by atoms with Crippen molar-refractivity contribution in [3.05, 3.63) is 12.7 Å². The molecule has 134 valence electrons. The normalized spacial score (nSPS) is 33.3. The number of ether oxygens (including phenoxy) is 1. The zero-order chi connectivity index (χ0) is 16.5. The molecule has 0 aliphatic heterocycles. The largest absolute Gasteiger partial charge is 0.374 e. The fourth-order valence-electron chi connectivity index (χ4n) is 5.07. The molecule has 23 heavy (non-hydrogen) atoms. The second-order valence-electron chi connectivity index (χ2n) is 8.28. The zero-order valence-corrected chi connectivity index (χ0v) is 15.8. The van der Waals surface area contributed by atoms with E-state index in [2.05, 4.69) is 20.4 Å². The van der Waals surface area contributed by atoms with Crippen LogP contribution in [0.3, 0.4) is 0 Å². The minimum absolute atomic E-state index is 0.420. The fraction of sp³-hybridized carbons (Fsp3) is 0.909. The first-order valence-corrected chi connectivity index (χ1v) is 10.5. The van der Waals surface area contributed by atoms with Gasteiger partial charge in [0.2, 0.25) is 0 Å². The highest BCUT2D eigenvalue weighted by Crippen LogP contribution is 2.43. The van der Waals surface area contributed by atoms with Crippen LogP contribution >= 0.6 is 0 Å². The standard InChI is InChI=1S/C22H40O/c1-4-6-7-8-19-9-11-21(12-10-19)22-15-13-20(14-16-22)18(3)23-17-5-2/h5,18-22H,2,4,6-17H2,1,3H3/t18?,19?,20-,21?,22-. The van der Waals surface area contributed by atoms with Gasteiger partial charge in [-0.15, -0.1) is 6.58 Å². The molecule has 2 fully saturated rings. The summed E-state index contributed by atoms with van der Waals surface area (Å²) in [5, 5.41) is 0. The SMILES string of the molecule is C=CCOC(C)[C@H]1CC[C@H](C2CCC(CCCCC)CC2)CC1. The Labute approximate surface area is 145 Å². The van der Waals surface area contributed by atoms with E-state index in [0.29, 0.717) is 12.7 Å². The van der Waals surface area contributed by atoms with Crippen molar-refractivity contribution < 1.29 is 4.74 Å². The highest BCUT2D eigenvalue weighted by molar-refractivity contribution is 4.84. The Balaban J connectivity index is 1.63. The second-order valence-corrected chi connectivity index (χ2v) is 8.28. The van der Waals surface area contributed by atoms with Crippen LogP contribution in [-0.2, 0) is 4.74 Å². The van der Waals surface area contributed by atoms with Crippen molar-refractivity contribution in [1.82, 2.24) is 0 Å². The van der Waals surface area contributed by atoms with Gasteiger partial charge in [-0.1, -0.05) is 51.5 Å². The number of unbranched alkanes of at least 4 members (excludes halogenated alkanes) is 2. The van der Waals surface area contributed by atoms with Crippen LogP contribution in [0.5, 0.6) is 0 Å². The molecule has 2 saturated carbocycles. The van der Waals surface area contributed by atoms with Crippen LogP contribution in [0.4, 0.5) is 0 Å². The van der Waals surface area contributed by atoms with Gasteiger partial charge in [0, 0.05) is 0 Å². The molecular weight excluding hydrogens is 280 g/mol. The summed E-state index contributed by atoms with van der Waals surface area (Å²) >= 11 is 0. The summed E-state index contributed by atoms with van der Waals surface area (Å²) < 4.78 is 5.85. The smallest absolute Gasteiger partial charge is 0.0648 e. The molecule has 2 rings (SSSR count). The summed E-state index contributed by atoms with van der Waals surface area (Å²) in [4.78, 5) is 0. The first-order chi connectivity index (χ1) is 11.2. The Morgan fingerprint density at radius 2 is 1.57 bits per heavy atom. The van der Waals surface area contributed by atoms with E-state index in [-0.39, 0.29) is 0 Å². The Kier molecular flexibility index (Phi) is 8.72. The maximum atomic E-state index is 5.85. The predicted molar refractivity (Wildman–Crippen MR) is 101 cm³/mol. The maximum absolute atomic E-state index is 5.85. The van der Waals surface area contributed by atoms with Crippen LogP contribution in [0.15, 0.2) is 12.7 Å². The molecule has 0 aromatic heterocycles. The van der Waals surface area contributed by atoms with E-state index in [4.69, 9.17) is 4.74 Å². The molecule has 2 aliphatic rings. The Morgan fingerprint density at radius 1 is 0.957 bits per heavy atom. The summed E-state index contributed by atoms with van der Waals surface area (Å²) in [5.41, 5.74) is 0. The monoisotopic (exact) mass is 320 g/mol. The van der Waals surface area contributed by atoms with Crippen molar-refractivity contribution in [2.75, 3.05) is 6.61 Å². The van der Waals surface area contributed by atoms with E-state index in [1.165, 1.54) is 77.0 Å². The Morgan fingerprint density at radius 3 is 2.13 bits per heavy atom. The van der Waals surface area contributed by atoms with E-state index in [1.807, 2.05) is 6.08 Å². The lowest BCUT2D eigenvalue weighted by atomic mass is 9.68. The summed E-state index contributed by atoms with van der Waals surface area (Å²) in [5.74, 6) is 3.91. The topological polar surface area (TPSA) is 9.23 Å². The van der Waals surface area contributed by atoms with E-state index >= 15 is 0 Å². The molecule has 0 bridgehead atoms. The minimum atomic E-state index is 0.420. The van der Waals surface area contributed by atoms with Crippen LogP contribution in [0.2, 0.25) is 0 Å². The zero-order valence-electron chi connectivity index (χ0n) is 15.8. The van der Waals surface area contributed by atoms with Gasteiger partial charge >= 0.3 is 0 Å². The average Bonchev–Trinajstić information content (AvgIpc) is 2.61. The van der Waals surface area contributed by atoms with Gasteiger partial charge in [-0.2, -0.15) is 0 Å². The number of hydrogen-bond acceptors (Lipinski definition) is 1. The summed E-state index contributed by atoms with van der Waals surface area (Å²) in [7, 11) is 0. The van der Waals surface area contributed by atoms with Crippen molar-refractivity contribution in [2.45, 2.75) is 97.0 Å². The Bertz CT molecular complexity index is 308. The molecule has 1 nitrogen and oxygen atoms in total.